The van der Waals surface area contributed by atoms with Crippen molar-refractivity contribution in [1.82, 2.24) is 5.32 Å². The number of unbranched alkanes of at least 4 members (excludes halogenated alkanes) is 1. The van der Waals surface area contributed by atoms with Crippen LogP contribution in [0.5, 0.6) is 0 Å². The van der Waals surface area contributed by atoms with Crippen molar-refractivity contribution in [1.29, 1.82) is 0 Å². The molecule has 0 radical (unpaired) electrons. The molecule has 2 atom stereocenters. The van der Waals surface area contributed by atoms with Crippen LogP contribution in [-0.4, -0.2) is 17.8 Å². The molecule has 0 spiro atoms. The third kappa shape index (κ3) is 3.77. The highest BCUT2D eigenvalue weighted by Crippen LogP contribution is 2.34. The van der Waals surface area contributed by atoms with E-state index in [1.165, 1.54) is 24.8 Å². The molecule has 0 aromatic heterocycles. The monoisotopic (exact) mass is 262 g/mol. The third-order valence-corrected chi connectivity index (χ3v) is 4.36. The minimum atomic E-state index is 0.493. The summed E-state index contributed by atoms with van der Waals surface area (Å²) in [6.07, 6.45) is 3.78. The summed E-state index contributed by atoms with van der Waals surface area (Å²) in [5.41, 5.74) is 1.38. The zero-order chi connectivity index (χ0) is 12.8. The first-order valence-electron chi connectivity index (χ1n) is 6.82. The highest BCUT2D eigenvalue weighted by Gasteiger charge is 2.21. The maximum Gasteiger partial charge on any atom is 0.157 e. The Morgan fingerprint density at radius 1 is 1.39 bits per heavy atom. The first-order valence-corrected chi connectivity index (χ1v) is 7.70. The molecule has 98 valence electrons. The van der Waals surface area contributed by atoms with Crippen LogP contribution in [0.15, 0.2) is 35.3 Å². The summed E-state index contributed by atoms with van der Waals surface area (Å²) < 4.78 is 0. The fourth-order valence-electron chi connectivity index (χ4n) is 2.09. The Morgan fingerprint density at radius 3 is 2.89 bits per heavy atom. The van der Waals surface area contributed by atoms with E-state index in [1.54, 1.807) is 0 Å². The lowest BCUT2D eigenvalue weighted by atomic mass is 10.1. The molecule has 2 nitrogen and oxygen atoms in total. The summed E-state index contributed by atoms with van der Waals surface area (Å²) in [5.74, 6) is 0. The number of thioether (sulfide) groups is 1. The number of aliphatic imine (C=N–C) groups is 1. The molecule has 1 aromatic carbocycles. The zero-order valence-electron chi connectivity index (χ0n) is 11.2. The van der Waals surface area contributed by atoms with Crippen molar-refractivity contribution in [2.45, 2.75) is 44.4 Å². The van der Waals surface area contributed by atoms with Crippen molar-refractivity contribution in [3.05, 3.63) is 35.9 Å². The standard InChI is InChI=1S/C15H22N2S/c1-3-4-8-12(2)17-15-16-11-14(18-15)13-9-6-5-7-10-13/h5-7,9-10,12,14H,3-4,8,11H2,1-2H3,(H,16,17). The van der Waals surface area contributed by atoms with Gasteiger partial charge < -0.3 is 5.32 Å². The van der Waals surface area contributed by atoms with Crippen molar-refractivity contribution in [2.24, 2.45) is 4.99 Å². The molecule has 2 unspecified atom stereocenters. The molecule has 18 heavy (non-hydrogen) atoms. The van der Waals surface area contributed by atoms with Crippen LogP contribution in [0.25, 0.3) is 0 Å². The highest BCUT2D eigenvalue weighted by atomic mass is 32.2. The number of rotatable bonds is 5. The number of amidine groups is 1. The van der Waals surface area contributed by atoms with E-state index in [4.69, 9.17) is 0 Å². The number of benzene rings is 1. The SMILES string of the molecule is CCCCC(C)NC1=NCC(c2ccccc2)S1. The van der Waals surface area contributed by atoms with E-state index in [0.29, 0.717) is 11.3 Å². The molecular weight excluding hydrogens is 240 g/mol. The van der Waals surface area contributed by atoms with Crippen LogP contribution >= 0.6 is 11.8 Å². The Kier molecular flexibility index (Phi) is 5.12. The number of nitrogens with one attached hydrogen (secondary N) is 1. The van der Waals surface area contributed by atoms with Crippen LogP contribution in [0.3, 0.4) is 0 Å². The van der Waals surface area contributed by atoms with Crippen molar-refractivity contribution in [3.8, 4) is 0 Å². The minimum absolute atomic E-state index is 0.493. The van der Waals surface area contributed by atoms with Crippen molar-refractivity contribution < 1.29 is 0 Å². The molecule has 2 rings (SSSR count). The Labute approximate surface area is 114 Å². The lowest BCUT2D eigenvalue weighted by Gasteiger charge is -2.15. The Hall–Kier alpha value is -0.960. The molecule has 0 aliphatic carbocycles. The van der Waals surface area contributed by atoms with Crippen molar-refractivity contribution in [2.75, 3.05) is 6.54 Å². The minimum Gasteiger partial charge on any atom is -0.362 e. The summed E-state index contributed by atoms with van der Waals surface area (Å²) in [6.45, 7) is 5.38. The predicted molar refractivity (Wildman–Crippen MR) is 81.2 cm³/mol. The van der Waals surface area contributed by atoms with Crippen LogP contribution in [0.2, 0.25) is 0 Å². The summed E-state index contributed by atoms with van der Waals surface area (Å²) in [5, 5.41) is 5.14. The smallest absolute Gasteiger partial charge is 0.157 e. The van der Waals surface area contributed by atoms with Gasteiger partial charge in [-0.25, -0.2) is 0 Å². The van der Waals surface area contributed by atoms with Gasteiger partial charge in [-0.15, -0.1) is 0 Å². The van der Waals surface area contributed by atoms with E-state index in [9.17, 15) is 0 Å². The molecule has 1 aliphatic rings. The lowest BCUT2D eigenvalue weighted by Crippen LogP contribution is -2.29. The summed E-state index contributed by atoms with van der Waals surface area (Å²) in [7, 11) is 0. The number of hydrogen-bond acceptors (Lipinski definition) is 3. The quantitative estimate of drug-likeness (QED) is 0.867. The predicted octanol–water partition coefficient (Wildman–Crippen LogP) is 4.00. The molecule has 0 saturated heterocycles. The molecule has 1 aliphatic heterocycles. The maximum atomic E-state index is 4.61. The fourth-order valence-corrected chi connectivity index (χ4v) is 3.22. The molecule has 0 bridgehead atoms. The Bertz CT molecular complexity index is 389. The molecular formula is C15H22N2S. The van der Waals surface area contributed by atoms with Gasteiger partial charge >= 0.3 is 0 Å². The molecule has 1 aromatic rings. The molecule has 0 amide bonds. The van der Waals surface area contributed by atoms with Crippen LogP contribution in [0.1, 0.15) is 43.9 Å². The first-order chi connectivity index (χ1) is 8.79. The van der Waals surface area contributed by atoms with E-state index in [1.807, 2.05) is 11.8 Å². The van der Waals surface area contributed by atoms with Crippen LogP contribution in [0.4, 0.5) is 0 Å². The average Bonchev–Trinajstić information content (AvgIpc) is 2.86. The summed E-state index contributed by atoms with van der Waals surface area (Å²) in [6, 6.07) is 11.2. The highest BCUT2D eigenvalue weighted by molar-refractivity contribution is 8.14. The van der Waals surface area contributed by atoms with E-state index in [-0.39, 0.29) is 0 Å². The van der Waals surface area contributed by atoms with Gasteiger partial charge in [0, 0.05) is 6.04 Å². The summed E-state index contributed by atoms with van der Waals surface area (Å²) in [4.78, 5) is 4.61. The molecule has 0 saturated carbocycles. The lowest BCUT2D eigenvalue weighted by molar-refractivity contribution is 0.573. The molecule has 3 heteroatoms. The average molecular weight is 262 g/mol. The normalized spacial score (nSPS) is 20.6. The van der Waals surface area contributed by atoms with Gasteiger partial charge in [0.05, 0.1) is 11.8 Å². The zero-order valence-corrected chi connectivity index (χ0v) is 12.0. The molecule has 1 heterocycles. The van der Waals surface area contributed by atoms with Crippen molar-refractivity contribution >= 4 is 16.9 Å². The second-order valence-electron chi connectivity index (χ2n) is 4.85. The van der Waals surface area contributed by atoms with Gasteiger partial charge in [0.1, 0.15) is 0 Å². The second kappa shape index (κ2) is 6.83. The van der Waals surface area contributed by atoms with Gasteiger partial charge in [-0.1, -0.05) is 61.9 Å². The van der Waals surface area contributed by atoms with Crippen LogP contribution < -0.4 is 5.32 Å². The Balaban J connectivity index is 1.81. The first kappa shape index (κ1) is 13.5. The van der Waals surface area contributed by atoms with E-state index in [2.05, 4.69) is 54.5 Å². The van der Waals surface area contributed by atoms with Gasteiger partial charge in [-0.2, -0.15) is 0 Å². The maximum absolute atomic E-state index is 4.61. The second-order valence-corrected chi connectivity index (χ2v) is 6.04. The number of hydrogen-bond donors (Lipinski definition) is 1. The largest absolute Gasteiger partial charge is 0.362 e. The van der Waals surface area contributed by atoms with Gasteiger partial charge in [0.15, 0.2) is 5.17 Å². The summed E-state index contributed by atoms with van der Waals surface area (Å²) >= 11 is 1.86. The van der Waals surface area contributed by atoms with Crippen molar-refractivity contribution in [3.63, 3.8) is 0 Å². The molecule has 1 N–H and O–H groups in total. The van der Waals surface area contributed by atoms with E-state index >= 15 is 0 Å². The van der Waals surface area contributed by atoms with Crippen LogP contribution in [0, 0.1) is 0 Å². The van der Waals surface area contributed by atoms with Gasteiger partial charge in [0.2, 0.25) is 0 Å². The van der Waals surface area contributed by atoms with Crippen LogP contribution in [-0.2, 0) is 0 Å². The Morgan fingerprint density at radius 2 is 2.17 bits per heavy atom. The number of nitrogens with zero attached hydrogens (tertiary/aromatic N) is 1. The topological polar surface area (TPSA) is 24.4 Å². The fraction of sp³-hybridized carbons (Fsp3) is 0.533. The van der Waals surface area contributed by atoms with E-state index in [0.717, 1.165) is 11.7 Å². The van der Waals surface area contributed by atoms with Gasteiger partial charge in [0.25, 0.3) is 0 Å². The molecule has 0 fully saturated rings. The van der Waals surface area contributed by atoms with Gasteiger partial charge in [-0.05, 0) is 18.9 Å². The van der Waals surface area contributed by atoms with E-state index < -0.39 is 0 Å². The third-order valence-electron chi connectivity index (χ3n) is 3.19. The van der Waals surface area contributed by atoms with Gasteiger partial charge in [-0.3, -0.25) is 4.99 Å².